The van der Waals surface area contributed by atoms with Crippen LogP contribution in [-0.4, -0.2) is 6.67 Å². The lowest BCUT2D eigenvalue weighted by Crippen LogP contribution is -2.13. The molecular weight excluding hydrogens is 417 g/mol. The van der Waals surface area contributed by atoms with Crippen molar-refractivity contribution < 1.29 is 13.2 Å². The van der Waals surface area contributed by atoms with Crippen molar-refractivity contribution in [3.8, 4) is 11.1 Å². The zero-order chi connectivity index (χ0) is 23.2. The molecule has 0 saturated heterocycles. The summed E-state index contributed by atoms with van der Waals surface area (Å²) in [7, 11) is 0. The van der Waals surface area contributed by atoms with E-state index in [1.54, 1.807) is 12.1 Å². The first-order valence-electron chi connectivity index (χ1n) is 13.2. The molecule has 180 valence electrons. The molecule has 0 aliphatic heterocycles. The maximum absolute atomic E-state index is 15.0. The average Bonchev–Trinajstić information content (AvgIpc) is 2.83. The predicted octanol–water partition coefficient (Wildman–Crippen LogP) is 9.73. The van der Waals surface area contributed by atoms with Gasteiger partial charge in [0.25, 0.3) is 0 Å². The molecule has 0 heterocycles. The van der Waals surface area contributed by atoms with Gasteiger partial charge in [0.05, 0.1) is 12.2 Å². The Labute approximate surface area is 198 Å². The quantitative estimate of drug-likeness (QED) is 0.347. The van der Waals surface area contributed by atoms with Gasteiger partial charge in [-0.05, 0) is 97.4 Å². The van der Waals surface area contributed by atoms with Crippen LogP contribution in [-0.2, 0) is 0 Å². The van der Waals surface area contributed by atoms with Crippen LogP contribution in [0.25, 0.3) is 11.1 Å². The molecule has 2 aliphatic rings. The summed E-state index contributed by atoms with van der Waals surface area (Å²) in [6, 6.07) is 11.1. The molecule has 0 amide bonds. The molecule has 0 bridgehead atoms. The van der Waals surface area contributed by atoms with E-state index in [0.717, 1.165) is 55.9 Å². The monoisotopic (exact) mass is 456 g/mol. The van der Waals surface area contributed by atoms with E-state index < -0.39 is 11.6 Å². The van der Waals surface area contributed by atoms with Gasteiger partial charge in [-0.15, -0.1) is 0 Å². The van der Waals surface area contributed by atoms with Crippen LogP contribution in [0.2, 0.25) is 0 Å². The average molecular weight is 457 g/mol. The van der Waals surface area contributed by atoms with Crippen molar-refractivity contribution in [1.29, 1.82) is 0 Å². The number of alkyl halides is 1. The molecule has 0 radical (unpaired) electrons. The molecule has 2 aliphatic carbocycles. The maximum Gasteiger partial charge on any atom is 0.134 e. The lowest BCUT2D eigenvalue weighted by molar-refractivity contribution is 0.300. The van der Waals surface area contributed by atoms with Crippen molar-refractivity contribution >= 4 is 0 Å². The molecule has 0 atom stereocenters. The second-order valence-corrected chi connectivity index (χ2v) is 10.7. The molecule has 0 spiro atoms. The Balaban J connectivity index is 1.37. The lowest BCUT2D eigenvalue weighted by Gasteiger charge is -2.29. The largest absolute Gasteiger partial charge is 0.251 e. The summed E-state index contributed by atoms with van der Waals surface area (Å²) in [4.78, 5) is 0. The fraction of sp³-hybridized carbons (Fsp3) is 0.600. The highest BCUT2D eigenvalue weighted by atomic mass is 19.1. The first-order chi connectivity index (χ1) is 16.0. The molecule has 4 rings (SSSR count). The standard InChI is InChI=1S/C30H39F3/c1-21-6-10-25(11-7-21)27-19-28(32)30(29(33)20-27)26-16-14-24(15-17-26)23-12-8-22(9-13-23)5-3-2-4-18-31/h14-17,19-23,25H,2-13,18H2,1H3. The molecule has 3 heteroatoms. The summed E-state index contributed by atoms with van der Waals surface area (Å²) in [5.74, 6) is 1.42. The van der Waals surface area contributed by atoms with Crippen molar-refractivity contribution in [3.63, 3.8) is 0 Å². The minimum absolute atomic E-state index is 0.103. The van der Waals surface area contributed by atoms with E-state index in [9.17, 15) is 4.39 Å². The first kappa shape index (κ1) is 24.4. The summed E-state index contributed by atoms with van der Waals surface area (Å²) < 4.78 is 42.3. The molecule has 2 saturated carbocycles. The number of unbranched alkanes of at least 4 members (excludes halogenated alkanes) is 2. The Bertz CT molecular complexity index is 849. The highest BCUT2D eigenvalue weighted by Gasteiger charge is 2.24. The van der Waals surface area contributed by atoms with E-state index in [1.165, 1.54) is 37.7 Å². The molecule has 2 aromatic rings. The molecule has 0 nitrogen and oxygen atoms in total. The van der Waals surface area contributed by atoms with Gasteiger partial charge in [0, 0.05) is 0 Å². The summed E-state index contributed by atoms with van der Waals surface area (Å²) >= 11 is 0. The zero-order valence-electron chi connectivity index (χ0n) is 20.1. The van der Waals surface area contributed by atoms with Crippen LogP contribution in [0.5, 0.6) is 0 Å². The fourth-order valence-electron chi connectivity index (χ4n) is 6.11. The number of halogens is 3. The van der Waals surface area contributed by atoms with E-state index in [-0.39, 0.29) is 18.2 Å². The molecular formula is C30H39F3. The number of hydrogen-bond donors (Lipinski definition) is 0. The Morgan fingerprint density at radius 1 is 0.697 bits per heavy atom. The molecule has 2 fully saturated rings. The van der Waals surface area contributed by atoms with Crippen LogP contribution in [0.3, 0.4) is 0 Å². The van der Waals surface area contributed by atoms with Gasteiger partial charge >= 0.3 is 0 Å². The van der Waals surface area contributed by atoms with Gasteiger partial charge in [0.15, 0.2) is 0 Å². The van der Waals surface area contributed by atoms with E-state index >= 15 is 8.78 Å². The van der Waals surface area contributed by atoms with Gasteiger partial charge < -0.3 is 0 Å². The molecule has 0 N–H and O–H groups in total. The third-order valence-corrected chi connectivity index (χ3v) is 8.32. The third kappa shape index (κ3) is 6.22. The van der Waals surface area contributed by atoms with Crippen molar-refractivity contribution in [2.45, 2.75) is 95.8 Å². The van der Waals surface area contributed by atoms with Crippen LogP contribution in [0.4, 0.5) is 13.2 Å². The number of hydrogen-bond acceptors (Lipinski definition) is 0. The van der Waals surface area contributed by atoms with Crippen LogP contribution in [0, 0.1) is 23.5 Å². The van der Waals surface area contributed by atoms with E-state index in [2.05, 4.69) is 19.1 Å². The number of rotatable bonds is 8. The minimum atomic E-state index is -0.440. The normalized spacial score (nSPS) is 25.8. The predicted molar refractivity (Wildman–Crippen MR) is 131 cm³/mol. The van der Waals surface area contributed by atoms with Crippen molar-refractivity contribution in [1.82, 2.24) is 0 Å². The van der Waals surface area contributed by atoms with Crippen LogP contribution < -0.4 is 0 Å². The fourth-order valence-corrected chi connectivity index (χ4v) is 6.11. The van der Waals surface area contributed by atoms with Crippen molar-refractivity contribution in [3.05, 3.63) is 59.2 Å². The van der Waals surface area contributed by atoms with E-state index in [4.69, 9.17) is 0 Å². The second-order valence-electron chi connectivity index (χ2n) is 10.7. The lowest BCUT2D eigenvalue weighted by atomic mass is 9.77. The van der Waals surface area contributed by atoms with E-state index in [0.29, 0.717) is 17.9 Å². The Morgan fingerprint density at radius 3 is 1.88 bits per heavy atom. The Kier molecular flexibility index (Phi) is 8.55. The van der Waals surface area contributed by atoms with Gasteiger partial charge in [-0.1, -0.05) is 63.3 Å². The van der Waals surface area contributed by atoms with Crippen LogP contribution >= 0.6 is 0 Å². The summed E-state index contributed by atoms with van der Waals surface area (Å²) in [5, 5.41) is 0. The molecule has 0 aromatic heterocycles. The van der Waals surface area contributed by atoms with Gasteiger partial charge in [0.2, 0.25) is 0 Å². The van der Waals surface area contributed by atoms with Crippen LogP contribution in [0.1, 0.15) is 107 Å². The van der Waals surface area contributed by atoms with Gasteiger partial charge in [0.1, 0.15) is 11.6 Å². The maximum atomic E-state index is 15.0. The zero-order valence-corrected chi connectivity index (χ0v) is 20.1. The highest BCUT2D eigenvalue weighted by molar-refractivity contribution is 5.66. The smallest absolute Gasteiger partial charge is 0.134 e. The van der Waals surface area contributed by atoms with Gasteiger partial charge in [-0.2, -0.15) is 0 Å². The van der Waals surface area contributed by atoms with Crippen molar-refractivity contribution in [2.24, 2.45) is 11.8 Å². The van der Waals surface area contributed by atoms with Crippen LogP contribution in [0.15, 0.2) is 36.4 Å². The Hall–Kier alpha value is -1.77. The highest BCUT2D eigenvalue weighted by Crippen LogP contribution is 2.40. The van der Waals surface area contributed by atoms with Gasteiger partial charge in [-0.25, -0.2) is 8.78 Å². The minimum Gasteiger partial charge on any atom is -0.251 e. The third-order valence-electron chi connectivity index (χ3n) is 8.32. The summed E-state index contributed by atoms with van der Waals surface area (Å²) in [6.45, 7) is 2.06. The molecule has 33 heavy (non-hydrogen) atoms. The molecule has 0 unspecified atom stereocenters. The molecule has 2 aromatic carbocycles. The first-order valence-corrected chi connectivity index (χ1v) is 13.2. The Morgan fingerprint density at radius 2 is 1.27 bits per heavy atom. The summed E-state index contributed by atoms with van der Waals surface area (Å²) in [6.07, 6.45) is 13.2. The van der Waals surface area contributed by atoms with E-state index in [1.807, 2.05) is 12.1 Å². The number of benzene rings is 2. The second kappa shape index (κ2) is 11.6. The topological polar surface area (TPSA) is 0 Å². The van der Waals surface area contributed by atoms with Crippen molar-refractivity contribution in [2.75, 3.05) is 6.67 Å². The summed E-state index contributed by atoms with van der Waals surface area (Å²) in [5.41, 5.74) is 2.83. The van der Waals surface area contributed by atoms with Gasteiger partial charge in [-0.3, -0.25) is 4.39 Å². The SMILES string of the molecule is CC1CCC(c2cc(F)c(-c3ccc(C4CCC(CCCCCF)CC4)cc3)c(F)c2)CC1.